The van der Waals surface area contributed by atoms with Crippen molar-refractivity contribution in [3.63, 3.8) is 0 Å². The van der Waals surface area contributed by atoms with Gasteiger partial charge in [0.05, 0.1) is 6.04 Å². The molecule has 1 unspecified atom stereocenters. The summed E-state index contributed by atoms with van der Waals surface area (Å²) in [5.74, 6) is 0.317. The molecule has 0 saturated carbocycles. The maximum Gasteiger partial charge on any atom is 0.223 e. The normalized spacial score (nSPS) is 20.4. The average Bonchev–Trinajstić information content (AvgIpc) is 2.40. The molecular formula is C11H19NO2. The second kappa shape index (κ2) is 5.13. The number of nitrogens with zero attached hydrogens (tertiary/aromatic N) is 1. The Morgan fingerprint density at radius 2 is 2.14 bits per heavy atom. The van der Waals surface area contributed by atoms with E-state index in [1.165, 1.54) is 0 Å². The highest BCUT2D eigenvalue weighted by Crippen LogP contribution is 2.14. The minimum atomic E-state index is -0.217. The summed E-state index contributed by atoms with van der Waals surface area (Å²) in [4.78, 5) is 24.9. The highest BCUT2D eigenvalue weighted by molar-refractivity contribution is 5.88. The van der Waals surface area contributed by atoms with Gasteiger partial charge in [-0.1, -0.05) is 13.3 Å². The van der Waals surface area contributed by atoms with Crippen molar-refractivity contribution >= 4 is 11.7 Å². The van der Waals surface area contributed by atoms with Crippen LogP contribution in [0.3, 0.4) is 0 Å². The van der Waals surface area contributed by atoms with Crippen LogP contribution < -0.4 is 0 Å². The smallest absolute Gasteiger partial charge is 0.223 e. The van der Waals surface area contributed by atoms with E-state index >= 15 is 0 Å². The molecule has 1 rings (SSSR count). The van der Waals surface area contributed by atoms with Crippen molar-refractivity contribution in [1.29, 1.82) is 0 Å². The first-order chi connectivity index (χ1) is 6.66. The van der Waals surface area contributed by atoms with E-state index in [0.717, 1.165) is 25.8 Å². The van der Waals surface area contributed by atoms with Crippen LogP contribution >= 0.6 is 0 Å². The highest BCUT2D eigenvalue weighted by atomic mass is 16.2. The van der Waals surface area contributed by atoms with Gasteiger partial charge in [-0.3, -0.25) is 9.59 Å². The van der Waals surface area contributed by atoms with Gasteiger partial charge in [0.25, 0.3) is 0 Å². The maximum atomic E-state index is 11.6. The molecule has 0 spiro atoms. The Hall–Kier alpha value is -0.860. The second-order valence-corrected chi connectivity index (χ2v) is 3.89. The average molecular weight is 197 g/mol. The first-order valence-electron chi connectivity index (χ1n) is 5.49. The van der Waals surface area contributed by atoms with Crippen LogP contribution in [0.5, 0.6) is 0 Å². The highest BCUT2D eigenvalue weighted by Gasteiger charge is 2.25. The fraction of sp³-hybridized carbons (Fsp3) is 0.818. The molecule has 3 heteroatoms. The minimum Gasteiger partial charge on any atom is -0.333 e. The summed E-state index contributed by atoms with van der Waals surface area (Å²) in [7, 11) is 0. The lowest BCUT2D eigenvalue weighted by Crippen LogP contribution is -2.42. The van der Waals surface area contributed by atoms with Gasteiger partial charge in [-0.2, -0.15) is 0 Å². The number of likely N-dealkylation sites (tertiary alicyclic amines) is 1. The van der Waals surface area contributed by atoms with Crippen molar-refractivity contribution in [2.45, 2.75) is 52.0 Å². The molecule has 1 fully saturated rings. The van der Waals surface area contributed by atoms with Crippen LogP contribution in [0.2, 0.25) is 0 Å². The predicted octanol–water partition coefficient (Wildman–Crippen LogP) is 1.76. The number of carbonyl (C=O) groups excluding carboxylic acids is 2. The lowest BCUT2D eigenvalue weighted by molar-refractivity contribution is -0.138. The van der Waals surface area contributed by atoms with Crippen LogP contribution in [0.1, 0.15) is 46.0 Å². The van der Waals surface area contributed by atoms with Crippen LogP contribution in [-0.2, 0) is 9.59 Å². The van der Waals surface area contributed by atoms with Crippen molar-refractivity contribution < 1.29 is 9.59 Å². The summed E-state index contributed by atoms with van der Waals surface area (Å²) < 4.78 is 0. The first kappa shape index (κ1) is 11.2. The molecule has 3 nitrogen and oxygen atoms in total. The van der Waals surface area contributed by atoms with Crippen molar-refractivity contribution in [3.8, 4) is 0 Å². The molecule has 1 aliphatic rings. The van der Waals surface area contributed by atoms with Gasteiger partial charge in [0, 0.05) is 19.4 Å². The van der Waals surface area contributed by atoms with Gasteiger partial charge in [0.1, 0.15) is 0 Å². The van der Waals surface area contributed by atoms with E-state index in [-0.39, 0.29) is 17.7 Å². The zero-order valence-corrected chi connectivity index (χ0v) is 9.08. The van der Waals surface area contributed by atoms with Crippen LogP contribution in [0.25, 0.3) is 0 Å². The summed E-state index contributed by atoms with van der Waals surface area (Å²) in [6.07, 6.45) is 4.25. The SMILES string of the molecule is CCC(=O)C(C)N1CCCCCC1=O. The number of hydrogen-bond donors (Lipinski definition) is 0. The minimum absolute atomic E-state index is 0.150. The van der Waals surface area contributed by atoms with Crippen molar-refractivity contribution in [1.82, 2.24) is 4.90 Å². The van der Waals surface area contributed by atoms with E-state index in [4.69, 9.17) is 0 Å². The summed E-state index contributed by atoms with van der Waals surface area (Å²) in [6.45, 7) is 4.45. The van der Waals surface area contributed by atoms with Gasteiger partial charge in [0.15, 0.2) is 5.78 Å². The van der Waals surface area contributed by atoms with Gasteiger partial charge in [0.2, 0.25) is 5.91 Å². The van der Waals surface area contributed by atoms with Crippen molar-refractivity contribution in [2.24, 2.45) is 0 Å². The molecule has 0 radical (unpaired) electrons. The van der Waals surface area contributed by atoms with Gasteiger partial charge < -0.3 is 4.90 Å². The molecule has 0 aromatic rings. The van der Waals surface area contributed by atoms with Gasteiger partial charge in [-0.15, -0.1) is 0 Å². The molecule has 80 valence electrons. The number of ketones is 1. The third-order valence-corrected chi connectivity index (χ3v) is 2.89. The third kappa shape index (κ3) is 2.56. The number of hydrogen-bond acceptors (Lipinski definition) is 2. The molecule has 1 aliphatic heterocycles. The molecule has 0 aliphatic carbocycles. The molecule has 0 N–H and O–H groups in total. The van der Waals surface area contributed by atoms with Gasteiger partial charge in [-0.05, 0) is 19.8 Å². The summed E-state index contributed by atoms with van der Waals surface area (Å²) >= 11 is 0. The second-order valence-electron chi connectivity index (χ2n) is 3.89. The monoisotopic (exact) mass is 197 g/mol. The summed E-state index contributed by atoms with van der Waals surface area (Å²) in [6, 6.07) is -0.217. The zero-order chi connectivity index (χ0) is 10.6. The molecule has 14 heavy (non-hydrogen) atoms. The fourth-order valence-corrected chi connectivity index (χ4v) is 1.88. The van der Waals surface area contributed by atoms with E-state index in [1.807, 2.05) is 13.8 Å². The van der Waals surface area contributed by atoms with Crippen LogP contribution in [0, 0.1) is 0 Å². The molecule has 1 heterocycles. The quantitative estimate of drug-likeness (QED) is 0.691. The Morgan fingerprint density at radius 1 is 1.43 bits per heavy atom. The van der Waals surface area contributed by atoms with E-state index in [2.05, 4.69) is 0 Å². The van der Waals surface area contributed by atoms with Crippen molar-refractivity contribution in [2.75, 3.05) is 6.54 Å². The number of amides is 1. The maximum absolute atomic E-state index is 11.6. The Balaban J connectivity index is 2.63. The standard InChI is InChI=1S/C11H19NO2/c1-3-10(13)9(2)12-8-6-4-5-7-11(12)14/h9H,3-8H2,1-2H3. The fourth-order valence-electron chi connectivity index (χ4n) is 1.88. The van der Waals surface area contributed by atoms with Crippen LogP contribution in [0.15, 0.2) is 0 Å². The molecule has 0 aromatic heterocycles. The Labute approximate surface area is 85.5 Å². The van der Waals surface area contributed by atoms with Gasteiger partial charge in [-0.25, -0.2) is 0 Å². The van der Waals surface area contributed by atoms with E-state index in [1.54, 1.807) is 4.90 Å². The zero-order valence-electron chi connectivity index (χ0n) is 9.08. The van der Waals surface area contributed by atoms with Crippen molar-refractivity contribution in [3.05, 3.63) is 0 Å². The molecule has 1 amide bonds. The van der Waals surface area contributed by atoms with Crippen LogP contribution in [-0.4, -0.2) is 29.2 Å². The lowest BCUT2D eigenvalue weighted by atomic mass is 10.1. The van der Waals surface area contributed by atoms with E-state index in [9.17, 15) is 9.59 Å². The van der Waals surface area contributed by atoms with Crippen LogP contribution in [0.4, 0.5) is 0 Å². The van der Waals surface area contributed by atoms with E-state index in [0.29, 0.717) is 12.8 Å². The largest absolute Gasteiger partial charge is 0.333 e. The number of rotatable bonds is 3. The Kier molecular flexibility index (Phi) is 4.11. The number of Topliss-reactive ketones (excluding diaryl/α,β-unsaturated/α-hetero) is 1. The molecule has 0 aromatic carbocycles. The third-order valence-electron chi connectivity index (χ3n) is 2.89. The van der Waals surface area contributed by atoms with E-state index < -0.39 is 0 Å². The summed E-state index contributed by atoms with van der Waals surface area (Å²) in [5.41, 5.74) is 0. The predicted molar refractivity (Wildman–Crippen MR) is 54.9 cm³/mol. The molecular weight excluding hydrogens is 178 g/mol. The molecule has 1 atom stereocenters. The van der Waals surface area contributed by atoms with Gasteiger partial charge >= 0.3 is 0 Å². The topological polar surface area (TPSA) is 37.4 Å². The Morgan fingerprint density at radius 3 is 2.79 bits per heavy atom. The lowest BCUT2D eigenvalue weighted by Gasteiger charge is -2.26. The molecule has 0 bridgehead atoms. The first-order valence-corrected chi connectivity index (χ1v) is 5.49. The number of carbonyl (C=O) groups is 2. The molecule has 1 saturated heterocycles. The summed E-state index contributed by atoms with van der Waals surface area (Å²) in [5, 5.41) is 0. The Bertz CT molecular complexity index is 225.